The van der Waals surface area contributed by atoms with Crippen molar-refractivity contribution in [2.75, 3.05) is 5.32 Å². The summed E-state index contributed by atoms with van der Waals surface area (Å²) in [7, 11) is 0. The fourth-order valence-corrected chi connectivity index (χ4v) is 5.50. The third-order valence-corrected chi connectivity index (χ3v) is 8.29. The van der Waals surface area contributed by atoms with E-state index in [-0.39, 0.29) is 17.4 Å². The number of aliphatic imine (C=N–C) groups is 1. The topological polar surface area (TPSA) is 71.7 Å². The number of thiazole rings is 1. The van der Waals surface area contributed by atoms with E-state index in [1.165, 1.54) is 0 Å². The highest BCUT2D eigenvalue weighted by molar-refractivity contribution is 7.09. The monoisotopic (exact) mass is 471 g/mol. The van der Waals surface area contributed by atoms with Crippen molar-refractivity contribution in [3.8, 4) is 22.4 Å². The van der Waals surface area contributed by atoms with Crippen LogP contribution in [0.1, 0.15) is 49.0 Å². The molecule has 7 heteroatoms. The number of benzene rings is 1. The second-order valence-corrected chi connectivity index (χ2v) is 10.8. The molecule has 1 aromatic carbocycles. The van der Waals surface area contributed by atoms with Crippen molar-refractivity contribution in [2.24, 2.45) is 16.3 Å². The standard InChI is InChI=1S/C27H29N5OS/c1-16-6-11-24(27(16,3)4)31-25-21(26(33)28-5)13-29-32-14-20(12-23(25)32)18-7-9-19(10-8-18)22-15-34-17(2)30-22/h7-10,12-16,24,31H,5-6,11H2,1-4H3/t16?,24-/m1/s1. The highest BCUT2D eigenvalue weighted by Gasteiger charge is 2.41. The molecule has 174 valence electrons. The number of carbonyl (C=O) groups excluding carboxylic acids is 1. The minimum absolute atomic E-state index is 0.113. The van der Waals surface area contributed by atoms with Crippen LogP contribution in [-0.4, -0.2) is 33.3 Å². The summed E-state index contributed by atoms with van der Waals surface area (Å²) in [5.74, 6) is 0.230. The second-order valence-electron chi connectivity index (χ2n) is 9.78. The van der Waals surface area contributed by atoms with Gasteiger partial charge in [0.05, 0.1) is 33.7 Å². The summed E-state index contributed by atoms with van der Waals surface area (Å²) in [5, 5.41) is 11.4. The van der Waals surface area contributed by atoms with Gasteiger partial charge in [-0.05, 0) is 49.4 Å². The number of fused-ring (bicyclic) bond motifs is 1. The number of hydrogen-bond donors (Lipinski definition) is 1. The molecule has 1 N–H and O–H groups in total. The first kappa shape index (κ1) is 22.5. The van der Waals surface area contributed by atoms with Crippen LogP contribution in [0.15, 0.2) is 53.1 Å². The van der Waals surface area contributed by atoms with Gasteiger partial charge >= 0.3 is 0 Å². The zero-order valence-corrected chi connectivity index (χ0v) is 20.8. The van der Waals surface area contributed by atoms with E-state index in [9.17, 15) is 4.79 Å². The first-order chi connectivity index (χ1) is 16.3. The molecule has 0 bridgehead atoms. The minimum atomic E-state index is -0.369. The van der Waals surface area contributed by atoms with Crippen molar-refractivity contribution in [1.82, 2.24) is 14.6 Å². The second kappa shape index (κ2) is 8.47. The Morgan fingerprint density at radius 2 is 1.94 bits per heavy atom. The average Bonchev–Trinajstić information content (AvgIpc) is 3.53. The number of nitrogens with one attached hydrogen (secondary N) is 1. The summed E-state index contributed by atoms with van der Waals surface area (Å²) in [5.41, 5.74) is 6.42. The molecule has 2 atom stereocenters. The van der Waals surface area contributed by atoms with E-state index >= 15 is 0 Å². The Labute approximate surface area is 203 Å². The van der Waals surface area contributed by atoms with E-state index in [0.29, 0.717) is 11.5 Å². The van der Waals surface area contributed by atoms with E-state index in [1.807, 2.05) is 17.6 Å². The van der Waals surface area contributed by atoms with Crippen LogP contribution in [0.4, 0.5) is 5.69 Å². The molecule has 1 unspecified atom stereocenters. The molecule has 1 saturated carbocycles. The summed E-state index contributed by atoms with van der Waals surface area (Å²) < 4.78 is 1.83. The van der Waals surface area contributed by atoms with Gasteiger partial charge in [-0.2, -0.15) is 5.10 Å². The van der Waals surface area contributed by atoms with Gasteiger partial charge in [0.2, 0.25) is 0 Å². The van der Waals surface area contributed by atoms with E-state index < -0.39 is 0 Å². The number of amides is 1. The maximum absolute atomic E-state index is 12.6. The number of hydrogen-bond acceptors (Lipinski definition) is 5. The van der Waals surface area contributed by atoms with Crippen LogP contribution in [0, 0.1) is 18.3 Å². The highest BCUT2D eigenvalue weighted by atomic mass is 32.1. The van der Waals surface area contributed by atoms with Crippen LogP contribution in [-0.2, 0) is 0 Å². The van der Waals surface area contributed by atoms with Crippen LogP contribution in [0.25, 0.3) is 27.9 Å². The van der Waals surface area contributed by atoms with Gasteiger partial charge in [-0.15, -0.1) is 11.3 Å². The zero-order valence-electron chi connectivity index (χ0n) is 20.0. The van der Waals surface area contributed by atoms with E-state index in [0.717, 1.165) is 51.4 Å². The van der Waals surface area contributed by atoms with Gasteiger partial charge in [-0.1, -0.05) is 45.0 Å². The molecule has 1 aliphatic rings. The largest absolute Gasteiger partial charge is 0.379 e. The van der Waals surface area contributed by atoms with Crippen LogP contribution >= 0.6 is 11.3 Å². The predicted octanol–water partition coefficient (Wildman–Crippen LogP) is 6.51. The van der Waals surface area contributed by atoms with E-state index in [2.05, 4.69) is 83.6 Å². The molecular weight excluding hydrogens is 442 g/mol. The van der Waals surface area contributed by atoms with Gasteiger partial charge in [0.1, 0.15) is 0 Å². The SMILES string of the molecule is C=NC(=O)c1cnn2cc(-c3ccc(-c4csc(C)n4)cc3)cc2c1N[C@@H]1CCC(C)C1(C)C. The lowest BCUT2D eigenvalue weighted by Crippen LogP contribution is -2.34. The van der Waals surface area contributed by atoms with E-state index in [4.69, 9.17) is 0 Å². The maximum atomic E-state index is 12.6. The molecule has 0 radical (unpaired) electrons. The minimum Gasteiger partial charge on any atom is -0.379 e. The van der Waals surface area contributed by atoms with Crippen molar-refractivity contribution in [1.29, 1.82) is 0 Å². The molecule has 6 nitrogen and oxygen atoms in total. The summed E-state index contributed by atoms with van der Waals surface area (Å²) >= 11 is 1.65. The van der Waals surface area contributed by atoms with Gasteiger partial charge in [-0.3, -0.25) is 4.79 Å². The Bertz CT molecular complexity index is 1380. The molecule has 1 aliphatic carbocycles. The van der Waals surface area contributed by atoms with E-state index in [1.54, 1.807) is 17.5 Å². The number of aryl methyl sites for hydroxylation is 1. The fraction of sp³-hybridized carbons (Fsp3) is 0.333. The Morgan fingerprint density at radius 1 is 1.21 bits per heavy atom. The Hall–Kier alpha value is -3.32. The first-order valence-corrected chi connectivity index (χ1v) is 12.5. The van der Waals surface area contributed by atoms with Crippen molar-refractivity contribution in [3.63, 3.8) is 0 Å². The highest BCUT2D eigenvalue weighted by Crippen LogP contribution is 2.44. The molecular formula is C27H29N5OS. The van der Waals surface area contributed by atoms with Crippen molar-refractivity contribution in [2.45, 2.75) is 46.6 Å². The molecule has 3 heterocycles. The van der Waals surface area contributed by atoms with Gasteiger partial charge in [0.15, 0.2) is 0 Å². The number of carbonyl (C=O) groups is 1. The number of rotatable bonds is 5. The van der Waals surface area contributed by atoms with Crippen LogP contribution in [0.5, 0.6) is 0 Å². The van der Waals surface area contributed by atoms with Crippen LogP contribution in [0.3, 0.4) is 0 Å². The predicted molar refractivity (Wildman–Crippen MR) is 140 cm³/mol. The van der Waals surface area contributed by atoms with Crippen molar-refractivity contribution in [3.05, 3.63) is 58.7 Å². The summed E-state index contributed by atoms with van der Waals surface area (Å²) in [4.78, 5) is 20.9. The van der Waals surface area contributed by atoms with Crippen molar-refractivity contribution >= 4 is 35.2 Å². The molecule has 0 spiro atoms. The Morgan fingerprint density at radius 3 is 2.56 bits per heavy atom. The third kappa shape index (κ3) is 3.84. The number of nitrogens with zero attached hydrogens (tertiary/aromatic N) is 4. The van der Waals surface area contributed by atoms with Crippen LogP contribution < -0.4 is 5.32 Å². The lowest BCUT2D eigenvalue weighted by atomic mass is 9.80. The Kier molecular flexibility index (Phi) is 5.60. The average molecular weight is 472 g/mol. The lowest BCUT2D eigenvalue weighted by molar-refractivity contribution is 0.100. The fourth-order valence-electron chi connectivity index (χ4n) is 4.88. The molecule has 0 aliphatic heterocycles. The lowest BCUT2D eigenvalue weighted by Gasteiger charge is -2.33. The Balaban J connectivity index is 1.55. The van der Waals surface area contributed by atoms with Crippen molar-refractivity contribution < 1.29 is 4.79 Å². The summed E-state index contributed by atoms with van der Waals surface area (Å²) in [6, 6.07) is 10.7. The van der Waals surface area contributed by atoms with Crippen LogP contribution in [0.2, 0.25) is 0 Å². The van der Waals surface area contributed by atoms with Gasteiger partial charge < -0.3 is 5.32 Å². The molecule has 3 aromatic heterocycles. The molecule has 1 fully saturated rings. The molecule has 5 rings (SSSR count). The third-order valence-electron chi connectivity index (χ3n) is 7.52. The maximum Gasteiger partial charge on any atom is 0.280 e. The molecule has 1 amide bonds. The zero-order chi connectivity index (χ0) is 24.0. The quantitative estimate of drug-likeness (QED) is 0.337. The summed E-state index contributed by atoms with van der Waals surface area (Å²) in [6.07, 6.45) is 5.81. The molecule has 0 saturated heterocycles. The normalized spacial score (nSPS) is 19.4. The smallest absolute Gasteiger partial charge is 0.280 e. The summed E-state index contributed by atoms with van der Waals surface area (Å²) in [6.45, 7) is 12.4. The molecule has 4 aromatic rings. The van der Waals surface area contributed by atoms with Gasteiger partial charge in [0.25, 0.3) is 5.91 Å². The van der Waals surface area contributed by atoms with Gasteiger partial charge in [-0.25, -0.2) is 14.5 Å². The molecule has 34 heavy (non-hydrogen) atoms. The van der Waals surface area contributed by atoms with Gasteiger partial charge in [0, 0.05) is 28.7 Å². The number of aromatic nitrogens is 3. The first-order valence-electron chi connectivity index (χ1n) is 11.6. The number of anilines is 1.